The molecule has 0 spiro atoms. The molecular formula is C16H27NO. The fraction of sp³-hybridized carbons (Fsp3) is 0.625. The molecule has 0 bridgehead atoms. The molecule has 0 aliphatic carbocycles. The van der Waals surface area contributed by atoms with Gasteiger partial charge in [0, 0.05) is 6.04 Å². The van der Waals surface area contributed by atoms with Crippen LogP contribution in [0.15, 0.2) is 12.1 Å². The van der Waals surface area contributed by atoms with Gasteiger partial charge in [0.2, 0.25) is 0 Å². The van der Waals surface area contributed by atoms with Gasteiger partial charge in [-0.25, -0.2) is 0 Å². The van der Waals surface area contributed by atoms with Gasteiger partial charge in [0.25, 0.3) is 0 Å². The van der Waals surface area contributed by atoms with Crippen LogP contribution in [0.5, 0.6) is 5.75 Å². The van der Waals surface area contributed by atoms with E-state index in [0.29, 0.717) is 11.5 Å². The minimum atomic E-state index is 0.313. The van der Waals surface area contributed by atoms with Crippen molar-refractivity contribution in [1.29, 1.82) is 0 Å². The average molecular weight is 249 g/mol. The van der Waals surface area contributed by atoms with Crippen LogP contribution in [0.25, 0.3) is 0 Å². The number of hydrogen-bond acceptors (Lipinski definition) is 2. The molecule has 18 heavy (non-hydrogen) atoms. The lowest BCUT2D eigenvalue weighted by molar-refractivity contribution is 0.320. The molecule has 0 heterocycles. The summed E-state index contributed by atoms with van der Waals surface area (Å²) >= 11 is 0. The maximum atomic E-state index is 5.37. The van der Waals surface area contributed by atoms with Crippen LogP contribution in [-0.2, 0) is 0 Å². The van der Waals surface area contributed by atoms with Gasteiger partial charge in [0.1, 0.15) is 5.75 Å². The van der Waals surface area contributed by atoms with Gasteiger partial charge in [-0.2, -0.15) is 0 Å². The number of rotatable bonds is 4. The monoisotopic (exact) mass is 249 g/mol. The Morgan fingerprint density at radius 1 is 1.17 bits per heavy atom. The molecule has 0 aromatic heterocycles. The minimum absolute atomic E-state index is 0.313. The van der Waals surface area contributed by atoms with E-state index in [-0.39, 0.29) is 0 Å². The lowest BCUT2D eigenvalue weighted by Gasteiger charge is -2.27. The molecule has 2 nitrogen and oxygen atoms in total. The van der Waals surface area contributed by atoms with Crippen LogP contribution in [0.3, 0.4) is 0 Å². The Hall–Kier alpha value is -1.02. The molecule has 0 saturated heterocycles. The van der Waals surface area contributed by atoms with Gasteiger partial charge >= 0.3 is 0 Å². The van der Waals surface area contributed by atoms with E-state index >= 15 is 0 Å². The van der Waals surface area contributed by atoms with Gasteiger partial charge < -0.3 is 10.1 Å². The van der Waals surface area contributed by atoms with E-state index in [1.807, 2.05) is 7.05 Å². The summed E-state index contributed by atoms with van der Waals surface area (Å²) in [7, 11) is 3.77. The van der Waals surface area contributed by atoms with E-state index in [0.717, 1.165) is 12.2 Å². The topological polar surface area (TPSA) is 21.3 Å². The van der Waals surface area contributed by atoms with Crippen LogP contribution >= 0.6 is 0 Å². The van der Waals surface area contributed by atoms with Crippen molar-refractivity contribution in [2.45, 2.75) is 47.1 Å². The Balaban J connectivity index is 3.10. The highest BCUT2D eigenvalue weighted by Gasteiger charge is 2.21. The highest BCUT2D eigenvalue weighted by atomic mass is 16.5. The largest absolute Gasteiger partial charge is 0.496 e. The van der Waals surface area contributed by atoms with E-state index in [1.54, 1.807) is 7.11 Å². The molecule has 0 fully saturated rings. The maximum absolute atomic E-state index is 5.37. The van der Waals surface area contributed by atoms with Crippen LogP contribution in [-0.4, -0.2) is 14.2 Å². The summed E-state index contributed by atoms with van der Waals surface area (Å²) in [6, 6.07) is 4.79. The quantitative estimate of drug-likeness (QED) is 0.870. The predicted octanol–water partition coefficient (Wildman–Crippen LogP) is 4.01. The summed E-state index contributed by atoms with van der Waals surface area (Å²) in [5, 5.41) is 3.44. The third-order valence-electron chi connectivity index (χ3n) is 3.32. The number of aryl methyl sites for hydroxylation is 2. The number of hydrogen-bond donors (Lipinski definition) is 1. The summed E-state index contributed by atoms with van der Waals surface area (Å²) < 4.78 is 5.37. The average Bonchev–Trinajstić information content (AvgIpc) is 2.27. The molecule has 0 aliphatic rings. The first-order valence-electron chi connectivity index (χ1n) is 6.61. The second kappa shape index (κ2) is 5.75. The number of ether oxygens (including phenoxy) is 1. The molecule has 1 aromatic carbocycles. The van der Waals surface area contributed by atoms with Crippen molar-refractivity contribution in [3.05, 3.63) is 28.8 Å². The highest BCUT2D eigenvalue weighted by Crippen LogP contribution is 2.33. The summed E-state index contributed by atoms with van der Waals surface area (Å²) in [4.78, 5) is 0. The van der Waals surface area contributed by atoms with Gasteiger partial charge in [-0.1, -0.05) is 26.8 Å². The Bertz CT molecular complexity index is 404. The molecule has 102 valence electrons. The Labute approximate surface area is 112 Å². The van der Waals surface area contributed by atoms with E-state index in [2.05, 4.69) is 52.1 Å². The third kappa shape index (κ3) is 3.74. The minimum Gasteiger partial charge on any atom is -0.496 e. The van der Waals surface area contributed by atoms with Crippen LogP contribution < -0.4 is 10.1 Å². The van der Waals surface area contributed by atoms with Crippen LogP contribution in [0.1, 0.15) is 49.9 Å². The number of methoxy groups -OCH3 is 1. The van der Waals surface area contributed by atoms with E-state index in [1.165, 1.54) is 16.7 Å². The second-order valence-electron chi connectivity index (χ2n) is 6.28. The predicted molar refractivity (Wildman–Crippen MR) is 78.3 cm³/mol. The third-order valence-corrected chi connectivity index (χ3v) is 3.32. The van der Waals surface area contributed by atoms with Gasteiger partial charge in [-0.3, -0.25) is 0 Å². The fourth-order valence-corrected chi connectivity index (χ4v) is 2.39. The highest BCUT2D eigenvalue weighted by molar-refractivity contribution is 5.42. The molecule has 1 atom stereocenters. The molecule has 1 unspecified atom stereocenters. The standard InChI is InChI=1S/C16H27NO/c1-11-9-15(18-7)12(2)8-13(11)14(17-6)10-16(3,4)5/h8-9,14,17H,10H2,1-7H3. The fourth-order valence-electron chi connectivity index (χ4n) is 2.39. The normalized spacial score (nSPS) is 13.5. The lowest BCUT2D eigenvalue weighted by atomic mass is 9.84. The molecule has 0 saturated carbocycles. The summed E-state index contributed by atoms with van der Waals surface area (Å²) in [6.07, 6.45) is 1.12. The number of nitrogens with one attached hydrogen (secondary N) is 1. The van der Waals surface area contributed by atoms with Gasteiger partial charge in [0.05, 0.1) is 7.11 Å². The summed E-state index contributed by atoms with van der Waals surface area (Å²) in [5.74, 6) is 0.974. The van der Waals surface area contributed by atoms with Crippen LogP contribution in [0, 0.1) is 19.3 Å². The molecule has 1 aromatic rings. The zero-order chi connectivity index (χ0) is 13.9. The first-order valence-corrected chi connectivity index (χ1v) is 6.61. The summed E-state index contributed by atoms with van der Waals surface area (Å²) in [6.45, 7) is 11.1. The molecule has 0 radical (unpaired) electrons. The van der Waals surface area contributed by atoms with Gasteiger partial charge in [0.15, 0.2) is 0 Å². The molecule has 1 rings (SSSR count). The zero-order valence-electron chi connectivity index (χ0n) is 12.8. The van der Waals surface area contributed by atoms with Crippen molar-refractivity contribution < 1.29 is 4.74 Å². The van der Waals surface area contributed by atoms with Crippen molar-refractivity contribution in [3.63, 3.8) is 0 Å². The molecular weight excluding hydrogens is 222 g/mol. The summed E-state index contributed by atoms with van der Waals surface area (Å²) in [5.41, 5.74) is 4.19. The molecule has 0 amide bonds. The number of benzene rings is 1. The van der Waals surface area contributed by atoms with Crippen LogP contribution in [0.4, 0.5) is 0 Å². The molecule has 1 N–H and O–H groups in total. The zero-order valence-corrected chi connectivity index (χ0v) is 12.8. The van der Waals surface area contributed by atoms with E-state index in [9.17, 15) is 0 Å². The molecule has 2 heteroatoms. The first-order chi connectivity index (χ1) is 8.28. The van der Waals surface area contributed by atoms with Crippen molar-refractivity contribution in [2.75, 3.05) is 14.2 Å². The SMILES string of the molecule is CNC(CC(C)(C)C)c1cc(C)c(OC)cc1C. The smallest absolute Gasteiger partial charge is 0.122 e. The Morgan fingerprint density at radius 3 is 2.22 bits per heavy atom. The lowest BCUT2D eigenvalue weighted by Crippen LogP contribution is -2.23. The van der Waals surface area contributed by atoms with E-state index < -0.39 is 0 Å². The van der Waals surface area contributed by atoms with Crippen LogP contribution in [0.2, 0.25) is 0 Å². The van der Waals surface area contributed by atoms with Gasteiger partial charge in [-0.15, -0.1) is 0 Å². The second-order valence-corrected chi connectivity index (χ2v) is 6.28. The Morgan fingerprint density at radius 2 is 1.78 bits per heavy atom. The van der Waals surface area contributed by atoms with Crippen molar-refractivity contribution in [3.8, 4) is 5.75 Å². The first kappa shape index (κ1) is 15.0. The molecule has 0 aliphatic heterocycles. The van der Waals surface area contributed by atoms with Crippen molar-refractivity contribution in [2.24, 2.45) is 5.41 Å². The van der Waals surface area contributed by atoms with Gasteiger partial charge in [-0.05, 0) is 55.5 Å². The van der Waals surface area contributed by atoms with Crippen molar-refractivity contribution in [1.82, 2.24) is 5.32 Å². The Kier molecular flexibility index (Phi) is 4.80. The maximum Gasteiger partial charge on any atom is 0.122 e. The van der Waals surface area contributed by atoms with Crippen molar-refractivity contribution >= 4 is 0 Å². The van der Waals surface area contributed by atoms with E-state index in [4.69, 9.17) is 4.74 Å².